The molecule has 6 heteroatoms. The van der Waals surface area contributed by atoms with Crippen LogP contribution in [0.3, 0.4) is 0 Å². The number of halogens is 1. The standard InChI is InChI=1S/C18H24ClN3O2/c1-2-8-20-17(23)14-21-9-11-22(12-10-21)18(24)7-6-15-4-3-5-16(19)13-15/h3-7,13H,2,8-12,14H2,1H3,(H,20,23)/b7-6+. The Morgan fingerprint density at radius 3 is 2.67 bits per heavy atom. The van der Waals surface area contributed by atoms with Gasteiger partial charge in [-0.25, -0.2) is 0 Å². The molecule has 130 valence electrons. The number of rotatable bonds is 6. The molecule has 0 bridgehead atoms. The van der Waals surface area contributed by atoms with Gasteiger partial charge in [-0.15, -0.1) is 0 Å². The molecular weight excluding hydrogens is 326 g/mol. The van der Waals surface area contributed by atoms with Crippen molar-refractivity contribution >= 4 is 29.5 Å². The average Bonchev–Trinajstić information content (AvgIpc) is 2.58. The molecule has 1 heterocycles. The monoisotopic (exact) mass is 349 g/mol. The quantitative estimate of drug-likeness (QED) is 0.799. The summed E-state index contributed by atoms with van der Waals surface area (Å²) >= 11 is 5.93. The molecule has 0 atom stereocenters. The summed E-state index contributed by atoms with van der Waals surface area (Å²) < 4.78 is 0. The molecule has 1 aliphatic heterocycles. The molecule has 1 fully saturated rings. The minimum absolute atomic E-state index is 0.00920. The molecule has 1 aliphatic rings. The van der Waals surface area contributed by atoms with Gasteiger partial charge in [0.05, 0.1) is 6.54 Å². The zero-order valence-electron chi connectivity index (χ0n) is 14.0. The van der Waals surface area contributed by atoms with Crippen LogP contribution in [0.2, 0.25) is 5.02 Å². The van der Waals surface area contributed by atoms with Gasteiger partial charge in [0.1, 0.15) is 0 Å². The zero-order chi connectivity index (χ0) is 17.4. The Labute approximate surface area is 148 Å². The Bertz CT molecular complexity index is 596. The van der Waals surface area contributed by atoms with E-state index in [1.165, 1.54) is 0 Å². The lowest BCUT2D eigenvalue weighted by molar-refractivity contribution is -0.128. The topological polar surface area (TPSA) is 52.7 Å². The van der Waals surface area contributed by atoms with E-state index < -0.39 is 0 Å². The fraction of sp³-hybridized carbons (Fsp3) is 0.444. The van der Waals surface area contributed by atoms with E-state index in [1.807, 2.05) is 30.0 Å². The first-order valence-electron chi connectivity index (χ1n) is 8.30. The van der Waals surface area contributed by atoms with Gasteiger partial charge in [-0.3, -0.25) is 14.5 Å². The highest BCUT2D eigenvalue weighted by Crippen LogP contribution is 2.12. The molecular formula is C18H24ClN3O2. The lowest BCUT2D eigenvalue weighted by Gasteiger charge is -2.33. The van der Waals surface area contributed by atoms with Crippen molar-refractivity contribution in [2.24, 2.45) is 0 Å². The van der Waals surface area contributed by atoms with Crippen LogP contribution < -0.4 is 5.32 Å². The molecule has 1 N–H and O–H groups in total. The van der Waals surface area contributed by atoms with Crippen LogP contribution in [-0.2, 0) is 9.59 Å². The van der Waals surface area contributed by atoms with Gasteiger partial charge in [0, 0.05) is 43.8 Å². The van der Waals surface area contributed by atoms with Crippen molar-refractivity contribution in [2.75, 3.05) is 39.3 Å². The maximum Gasteiger partial charge on any atom is 0.246 e. The van der Waals surface area contributed by atoms with Crippen molar-refractivity contribution in [3.63, 3.8) is 0 Å². The second-order valence-electron chi connectivity index (χ2n) is 5.84. The number of benzene rings is 1. The van der Waals surface area contributed by atoms with Crippen LogP contribution >= 0.6 is 11.6 Å². The number of piperazine rings is 1. The lowest BCUT2D eigenvalue weighted by Crippen LogP contribution is -2.50. The first-order valence-corrected chi connectivity index (χ1v) is 8.68. The van der Waals surface area contributed by atoms with E-state index >= 15 is 0 Å². The fourth-order valence-corrected chi connectivity index (χ4v) is 2.73. The maximum atomic E-state index is 12.2. The molecule has 0 aliphatic carbocycles. The van der Waals surface area contributed by atoms with Crippen LogP contribution in [0.5, 0.6) is 0 Å². The normalized spacial score (nSPS) is 15.7. The summed E-state index contributed by atoms with van der Waals surface area (Å²) in [6.07, 6.45) is 4.29. The summed E-state index contributed by atoms with van der Waals surface area (Å²) in [7, 11) is 0. The second-order valence-corrected chi connectivity index (χ2v) is 6.28. The first-order chi connectivity index (χ1) is 11.6. The zero-order valence-corrected chi connectivity index (χ0v) is 14.8. The molecule has 2 amide bonds. The maximum absolute atomic E-state index is 12.2. The van der Waals surface area contributed by atoms with Gasteiger partial charge in [0.2, 0.25) is 11.8 Å². The van der Waals surface area contributed by atoms with E-state index in [4.69, 9.17) is 11.6 Å². The number of hydrogen-bond acceptors (Lipinski definition) is 3. The third-order valence-electron chi connectivity index (χ3n) is 3.89. The van der Waals surface area contributed by atoms with E-state index in [0.717, 1.165) is 25.1 Å². The Hall–Kier alpha value is -1.85. The number of amides is 2. The summed E-state index contributed by atoms with van der Waals surface area (Å²) in [6, 6.07) is 7.38. The molecule has 1 saturated heterocycles. The third-order valence-corrected chi connectivity index (χ3v) is 4.13. The Morgan fingerprint density at radius 2 is 2.00 bits per heavy atom. The number of carbonyl (C=O) groups excluding carboxylic acids is 2. The Balaban J connectivity index is 1.77. The van der Waals surface area contributed by atoms with Crippen LogP contribution in [0.25, 0.3) is 6.08 Å². The van der Waals surface area contributed by atoms with Gasteiger partial charge >= 0.3 is 0 Å². The van der Waals surface area contributed by atoms with Crippen molar-refractivity contribution in [3.8, 4) is 0 Å². The molecule has 0 radical (unpaired) electrons. The molecule has 24 heavy (non-hydrogen) atoms. The largest absolute Gasteiger partial charge is 0.355 e. The van der Waals surface area contributed by atoms with Crippen LogP contribution in [-0.4, -0.2) is 60.9 Å². The van der Waals surface area contributed by atoms with E-state index in [9.17, 15) is 9.59 Å². The van der Waals surface area contributed by atoms with Crippen LogP contribution in [0.15, 0.2) is 30.3 Å². The van der Waals surface area contributed by atoms with Crippen molar-refractivity contribution in [1.29, 1.82) is 0 Å². The van der Waals surface area contributed by atoms with E-state index in [1.54, 1.807) is 18.2 Å². The van der Waals surface area contributed by atoms with Gasteiger partial charge < -0.3 is 10.2 Å². The highest BCUT2D eigenvalue weighted by molar-refractivity contribution is 6.30. The number of carbonyl (C=O) groups is 2. The number of nitrogens with one attached hydrogen (secondary N) is 1. The molecule has 2 rings (SSSR count). The summed E-state index contributed by atoms with van der Waals surface area (Å²) in [6.45, 7) is 5.86. The first kappa shape index (κ1) is 18.5. The Kier molecular flexibility index (Phi) is 7.28. The van der Waals surface area contributed by atoms with E-state index in [0.29, 0.717) is 31.2 Å². The highest BCUT2D eigenvalue weighted by atomic mass is 35.5. The molecule has 0 unspecified atom stereocenters. The summed E-state index contributed by atoms with van der Waals surface area (Å²) in [4.78, 5) is 27.8. The van der Waals surface area contributed by atoms with E-state index in [2.05, 4.69) is 10.2 Å². The van der Waals surface area contributed by atoms with Gasteiger partial charge in [-0.2, -0.15) is 0 Å². The minimum atomic E-state index is -0.00920. The number of hydrogen-bond donors (Lipinski definition) is 1. The smallest absolute Gasteiger partial charge is 0.246 e. The lowest BCUT2D eigenvalue weighted by atomic mass is 10.2. The van der Waals surface area contributed by atoms with Crippen LogP contribution in [0.1, 0.15) is 18.9 Å². The minimum Gasteiger partial charge on any atom is -0.355 e. The van der Waals surface area contributed by atoms with Crippen molar-refractivity contribution < 1.29 is 9.59 Å². The van der Waals surface area contributed by atoms with Crippen molar-refractivity contribution in [2.45, 2.75) is 13.3 Å². The fourth-order valence-electron chi connectivity index (χ4n) is 2.53. The van der Waals surface area contributed by atoms with Gasteiger partial charge in [0.15, 0.2) is 0 Å². The van der Waals surface area contributed by atoms with Gasteiger partial charge in [-0.1, -0.05) is 30.7 Å². The summed E-state index contributed by atoms with van der Waals surface area (Å²) in [5.74, 6) is 0.0440. The summed E-state index contributed by atoms with van der Waals surface area (Å²) in [5, 5.41) is 3.53. The van der Waals surface area contributed by atoms with Crippen molar-refractivity contribution in [3.05, 3.63) is 40.9 Å². The predicted octanol–water partition coefficient (Wildman–Crippen LogP) is 2.02. The van der Waals surface area contributed by atoms with Crippen LogP contribution in [0.4, 0.5) is 0 Å². The highest BCUT2D eigenvalue weighted by Gasteiger charge is 2.20. The third kappa shape index (κ3) is 5.98. The second kappa shape index (κ2) is 9.45. The molecule has 1 aromatic carbocycles. The summed E-state index contributed by atoms with van der Waals surface area (Å²) in [5.41, 5.74) is 0.905. The molecule has 0 spiro atoms. The number of nitrogens with zero attached hydrogens (tertiary/aromatic N) is 2. The van der Waals surface area contributed by atoms with Crippen LogP contribution in [0, 0.1) is 0 Å². The van der Waals surface area contributed by atoms with E-state index in [-0.39, 0.29) is 11.8 Å². The van der Waals surface area contributed by atoms with Gasteiger partial charge in [0.25, 0.3) is 0 Å². The van der Waals surface area contributed by atoms with Gasteiger partial charge in [-0.05, 0) is 30.2 Å². The Morgan fingerprint density at radius 1 is 1.25 bits per heavy atom. The SMILES string of the molecule is CCCNC(=O)CN1CCN(C(=O)/C=C/c2cccc(Cl)c2)CC1. The molecule has 1 aromatic rings. The predicted molar refractivity (Wildman–Crippen MR) is 96.8 cm³/mol. The molecule has 0 aromatic heterocycles. The average molecular weight is 350 g/mol. The molecule has 0 saturated carbocycles. The van der Waals surface area contributed by atoms with Crippen molar-refractivity contribution in [1.82, 2.24) is 15.1 Å². The molecule has 5 nitrogen and oxygen atoms in total.